The van der Waals surface area contributed by atoms with Crippen LogP contribution in [-0.4, -0.2) is 88.0 Å². The van der Waals surface area contributed by atoms with Gasteiger partial charge in [-0.3, -0.25) is 14.7 Å². The number of benzene rings is 2. The summed E-state index contributed by atoms with van der Waals surface area (Å²) in [6.07, 6.45) is 12.8. The third-order valence-electron chi connectivity index (χ3n) is 10.9. The fourth-order valence-electron chi connectivity index (χ4n) is 7.65. The fourth-order valence-corrected chi connectivity index (χ4v) is 7.65. The molecule has 16 nitrogen and oxygen atoms in total. The molecule has 0 bridgehead atoms. The van der Waals surface area contributed by atoms with Gasteiger partial charge in [0.2, 0.25) is 0 Å². The third kappa shape index (κ3) is 11.4. The van der Waals surface area contributed by atoms with E-state index in [1.54, 1.807) is 17.6 Å². The molecule has 0 saturated carbocycles. The molecular formula is C47H58N12O4S. The van der Waals surface area contributed by atoms with Crippen LogP contribution in [0.15, 0.2) is 108 Å². The number of rotatable bonds is 11. The average Bonchev–Trinajstić information content (AvgIpc) is 3.96. The number of carbonyl (C=O) groups excluding carboxylic acids is 1. The Morgan fingerprint density at radius 3 is 2.31 bits per heavy atom. The monoisotopic (exact) mass is 886 g/mol. The first kappa shape index (κ1) is 46.8. The Morgan fingerprint density at radius 2 is 1.61 bits per heavy atom. The standard InChI is InChI=1S/C28H37N7O2.C17H13N5O.C2H6O.H2S/c1-3-23-18-30-35-24(16-25(31-27(23)35)32-12-6-4-7-13-32)29-17-22-10-11-26(36)34(20-22)19-21(2)28(37)33-14-8-5-9-15-33;18-16-14-15(21-22-17(14)20-10-19-16)11-6-8-13(9-7-11)23-12-4-2-1-3-5-12;1-2-3;/h10-11,16,18,20,29H,2-9,12-15,17,19H2,1H3;1-10H,(H3,18,19,20,21,22);3H,2H2,1H3;1H2. The Hall–Kier alpha value is -6.72. The molecule has 0 atom stereocenters. The number of aromatic amines is 1. The van der Waals surface area contributed by atoms with Gasteiger partial charge in [-0.2, -0.15) is 28.2 Å². The number of aryl methyl sites for hydroxylation is 1. The number of carbonyl (C=O) groups is 1. The molecular weight excluding hydrogens is 829 g/mol. The van der Waals surface area contributed by atoms with Crippen LogP contribution in [0.25, 0.3) is 27.9 Å². The first-order valence-corrected chi connectivity index (χ1v) is 21.7. The number of aliphatic hydroxyl groups excluding tert-OH is 1. The van der Waals surface area contributed by atoms with Gasteiger partial charge < -0.3 is 35.3 Å². The Labute approximate surface area is 379 Å². The number of likely N-dealkylation sites (tertiary alicyclic amines) is 1. The SMILES string of the molecule is C=C(Cn1cc(CNc2cc(N3CCCCC3)nc3c(CC)cnn23)ccc1=O)C(=O)N1CCCCC1.CCO.Nc1ncnc2n[nH]c(-c3ccc(Oc4ccccc4)cc3)c12.S. The minimum Gasteiger partial charge on any atom is -0.457 e. The Bertz CT molecular complexity index is 2670. The molecule has 2 fully saturated rings. The van der Waals surface area contributed by atoms with Gasteiger partial charge in [-0.05, 0) is 93.8 Å². The number of nitrogens with zero attached hydrogens (tertiary/aromatic N) is 9. The number of amides is 1. The third-order valence-corrected chi connectivity index (χ3v) is 10.9. The summed E-state index contributed by atoms with van der Waals surface area (Å²) >= 11 is 0. The van der Waals surface area contributed by atoms with Gasteiger partial charge in [0, 0.05) is 74.4 Å². The molecule has 5 N–H and O–H groups in total. The molecule has 9 rings (SSSR count). The number of hydrogen-bond acceptors (Lipinski definition) is 12. The number of piperidine rings is 2. The van der Waals surface area contributed by atoms with Gasteiger partial charge in [0.05, 0.1) is 23.8 Å². The van der Waals surface area contributed by atoms with Crippen molar-refractivity contribution in [3.8, 4) is 22.8 Å². The minimum atomic E-state index is -0.144. The van der Waals surface area contributed by atoms with Crippen molar-refractivity contribution in [3.05, 3.63) is 125 Å². The van der Waals surface area contributed by atoms with Crippen molar-refractivity contribution in [2.75, 3.05) is 48.7 Å². The molecule has 336 valence electrons. The van der Waals surface area contributed by atoms with Crippen molar-refractivity contribution in [1.82, 2.24) is 44.2 Å². The Morgan fingerprint density at radius 1 is 0.922 bits per heavy atom. The number of nitrogens with one attached hydrogen (secondary N) is 2. The van der Waals surface area contributed by atoms with Gasteiger partial charge in [0.25, 0.3) is 11.5 Å². The van der Waals surface area contributed by atoms with E-state index >= 15 is 0 Å². The second-order valence-electron chi connectivity index (χ2n) is 15.4. The van der Waals surface area contributed by atoms with Crippen LogP contribution >= 0.6 is 13.5 Å². The van der Waals surface area contributed by atoms with Crippen LogP contribution in [0.1, 0.15) is 63.5 Å². The van der Waals surface area contributed by atoms with E-state index in [0.717, 1.165) is 108 Å². The molecule has 0 radical (unpaired) electrons. The zero-order chi connectivity index (χ0) is 44.1. The lowest BCUT2D eigenvalue weighted by atomic mass is 10.1. The molecule has 2 aromatic carbocycles. The number of anilines is 3. The van der Waals surface area contributed by atoms with Crippen LogP contribution in [0.3, 0.4) is 0 Å². The van der Waals surface area contributed by atoms with E-state index in [-0.39, 0.29) is 38.1 Å². The maximum atomic E-state index is 12.8. The summed E-state index contributed by atoms with van der Waals surface area (Å²) in [4.78, 5) is 42.6. The molecule has 0 unspecified atom stereocenters. The molecule has 0 aliphatic carbocycles. The first-order chi connectivity index (χ1) is 30.8. The van der Waals surface area contributed by atoms with Crippen LogP contribution in [0.2, 0.25) is 0 Å². The van der Waals surface area contributed by atoms with Crippen LogP contribution in [0.5, 0.6) is 11.5 Å². The van der Waals surface area contributed by atoms with Crippen molar-refractivity contribution in [3.63, 3.8) is 0 Å². The van der Waals surface area contributed by atoms with Crippen molar-refractivity contribution < 1.29 is 14.6 Å². The number of nitrogen functional groups attached to an aromatic ring is 1. The van der Waals surface area contributed by atoms with E-state index in [1.807, 2.05) is 82.5 Å². The van der Waals surface area contributed by atoms with E-state index in [9.17, 15) is 9.59 Å². The topological polar surface area (TPSA) is 198 Å². The van der Waals surface area contributed by atoms with Gasteiger partial charge in [-0.1, -0.05) is 37.8 Å². The molecule has 2 aliphatic rings. The molecule has 1 amide bonds. The lowest BCUT2D eigenvalue weighted by molar-refractivity contribution is -0.128. The number of pyridine rings is 1. The number of fused-ring (bicyclic) bond motifs is 2. The predicted molar refractivity (Wildman–Crippen MR) is 257 cm³/mol. The van der Waals surface area contributed by atoms with E-state index in [2.05, 4.69) is 55.0 Å². The fraction of sp³-hybridized carbons (Fsp3) is 0.340. The van der Waals surface area contributed by atoms with E-state index < -0.39 is 0 Å². The highest BCUT2D eigenvalue weighted by molar-refractivity contribution is 7.59. The van der Waals surface area contributed by atoms with Gasteiger partial charge in [0.1, 0.15) is 35.3 Å². The van der Waals surface area contributed by atoms with Gasteiger partial charge in [-0.25, -0.2) is 15.0 Å². The van der Waals surface area contributed by atoms with Crippen LogP contribution in [-0.2, 0) is 24.3 Å². The molecule has 5 aromatic heterocycles. The van der Waals surface area contributed by atoms with Gasteiger partial charge >= 0.3 is 0 Å². The lowest BCUT2D eigenvalue weighted by Gasteiger charge is -2.28. The molecule has 7 aromatic rings. The Balaban J connectivity index is 0.000000215. The highest BCUT2D eigenvalue weighted by Crippen LogP contribution is 2.31. The quantitative estimate of drug-likeness (QED) is 0.0961. The summed E-state index contributed by atoms with van der Waals surface area (Å²) in [6.45, 7) is 12.3. The van der Waals surface area contributed by atoms with Crippen LogP contribution in [0, 0.1) is 0 Å². The number of H-pyrrole nitrogens is 1. The molecule has 64 heavy (non-hydrogen) atoms. The van der Waals surface area contributed by atoms with Crippen molar-refractivity contribution >= 4 is 53.5 Å². The number of ether oxygens (including phenoxy) is 1. The molecule has 2 aliphatic heterocycles. The van der Waals surface area contributed by atoms with E-state index in [1.165, 1.54) is 25.6 Å². The van der Waals surface area contributed by atoms with Crippen molar-refractivity contribution in [1.29, 1.82) is 0 Å². The number of aromatic nitrogens is 8. The molecule has 0 spiro atoms. The maximum Gasteiger partial charge on any atom is 0.251 e. The summed E-state index contributed by atoms with van der Waals surface area (Å²) in [6, 6.07) is 22.8. The minimum absolute atomic E-state index is 0. The average molecular weight is 887 g/mol. The summed E-state index contributed by atoms with van der Waals surface area (Å²) in [5.41, 5.74) is 11.5. The highest BCUT2D eigenvalue weighted by atomic mass is 32.1. The summed E-state index contributed by atoms with van der Waals surface area (Å²) in [5, 5.41) is 23.5. The largest absolute Gasteiger partial charge is 0.457 e. The summed E-state index contributed by atoms with van der Waals surface area (Å²) in [7, 11) is 0. The second kappa shape index (κ2) is 22.6. The van der Waals surface area contributed by atoms with Gasteiger partial charge in [-0.15, -0.1) is 0 Å². The van der Waals surface area contributed by atoms with Crippen molar-refractivity contribution in [2.24, 2.45) is 0 Å². The normalized spacial score (nSPS) is 13.5. The lowest BCUT2D eigenvalue weighted by Crippen LogP contribution is -2.37. The van der Waals surface area contributed by atoms with Crippen molar-refractivity contribution in [2.45, 2.75) is 71.9 Å². The Kier molecular flexibility index (Phi) is 16.5. The predicted octanol–water partition coefficient (Wildman–Crippen LogP) is 7.13. The molecule has 2 saturated heterocycles. The van der Waals surface area contributed by atoms with Gasteiger partial charge in [0.15, 0.2) is 11.3 Å². The maximum absolute atomic E-state index is 12.8. The summed E-state index contributed by atoms with van der Waals surface area (Å²) in [5.74, 6) is 3.75. The molecule has 17 heteroatoms. The zero-order valence-electron chi connectivity index (χ0n) is 36.5. The summed E-state index contributed by atoms with van der Waals surface area (Å²) < 4.78 is 9.22. The number of hydrogen-bond donors (Lipinski definition) is 4. The number of nitrogens with two attached hydrogens (primary N) is 1. The second-order valence-corrected chi connectivity index (χ2v) is 15.4. The molecule has 7 heterocycles. The zero-order valence-corrected chi connectivity index (χ0v) is 37.5. The van der Waals surface area contributed by atoms with E-state index in [4.69, 9.17) is 20.6 Å². The van der Waals surface area contributed by atoms with E-state index in [0.29, 0.717) is 23.6 Å². The van der Waals surface area contributed by atoms with Crippen LogP contribution < -0.4 is 26.2 Å². The first-order valence-electron chi connectivity index (χ1n) is 21.7. The van der Waals surface area contributed by atoms with Crippen LogP contribution in [0.4, 0.5) is 17.5 Å². The highest BCUT2D eigenvalue weighted by Gasteiger charge is 2.20. The number of aliphatic hydroxyl groups is 1. The number of para-hydroxylation sites is 1. The smallest absolute Gasteiger partial charge is 0.251 e.